The van der Waals surface area contributed by atoms with Crippen molar-refractivity contribution in [1.29, 1.82) is 0 Å². The molecule has 0 aliphatic carbocycles. The first-order valence-corrected chi connectivity index (χ1v) is 7.36. The Bertz CT molecular complexity index is 634. The van der Waals surface area contributed by atoms with E-state index >= 15 is 0 Å². The molecule has 17 heavy (non-hydrogen) atoms. The van der Waals surface area contributed by atoms with Crippen molar-refractivity contribution in [2.45, 2.75) is 16.7 Å². The van der Waals surface area contributed by atoms with Crippen LogP contribution in [0.1, 0.15) is 5.56 Å². The number of aryl methyl sites for hydroxylation is 1. The number of sulfone groups is 1. The lowest BCUT2D eigenvalue weighted by Crippen LogP contribution is -2.02. The van der Waals surface area contributed by atoms with Crippen LogP contribution in [0.4, 0.5) is 0 Å². The molecule has 0 saturated carbocycles. The standard InChI is InChI=1S/C13H11BrO2S/c1-10-7-8-13(12(14)9-10)17(15,16)11-5-3-2-4-6-11/h2-9H,1H3. The van der Waals surface area contributed by atoms with Gasteiger partial charge in [0, 0.05) is 4.47 Å². The van der Waals surface area contributed by atoms with E-state index in [9.17, 15) is 8.42 Å². The highest BCUT2D eigenvalue weighted by Gasteiger charge is 2.19. The fraction of sp³-hybridized carbons (Fsp3) is 0.0769. The zero-order chi connectivity index (χ0) is 12.5. The Hall–Kier alpha value is -1.13. The van der Waals surface area contributed by atoms with E-state index in [1.54, 1.807) is 48.5 Å². The highest BCUT2D eigenvalue weighted by atomic mass is 79.9. The lowest BCUT2D eigenvalue weighted by atomic mass is 10.2. The summed E-state index contributed by atoms with van der Waals surface area (Å²) in [5.41, 5.74) is 1.02. The molecule has 2 aromatic carbocycles. The lowest BCUT2D eigenvalue weighted by molar-refractivity contribution is 0.595. The minimum Gasteiger partial charge on any atom is -0.218 e. The van der Waals surface area contributed by atoms with Gasteiger partial charge in [-0.1, -0.05) is 24.3 Å². The number of hydrogen-bond acceptors (Lipinski definition) is 2. The molecule has 0 aliphatic heterocycles. The van der Waals surface area contributed by atoms with E-state index in [0.717, 1.165) is 5.56 Å². The second-order valence-electron chi connectivity index (χ2n) is 3.75. The van der Waals surface area contributed by atoms with E-state index in [1.807, 2.05) is 6.92 Å². The van der Waals surface area contributed by atoms with Gasteiger partial charge in [-0.25, -0.2) is 8.42 Å². The molecule has 0 N–H and O–H groups in total. The predicted octanol–water partition coefficient (Wildman–Crippen LogP) is 3.59. The maximum Gasteiger partial charge on any atom is 0.207 e. The maximum atomic E-state index is 12.3. The number of hydrogen-bond donors (Lipinski definition) is 0. The lowest BCUT2D eigenvalue weighted by Gasteiger charge is -2.07. The van der Waals surface area contributed by atoms with Crippen LogP contribution in [0.5, 0.6) is 0 Å². The van der Waals surface area contributed by atoms with E-state index in [0.29, 0.717) is 14.3 Å². The molecule has 4 heteroatoms. The predicted molar refractivity (Wildman–Crippen MR) is 70.8 cm³/mol. The van der Waals surface area contributed by atoms with Gasteiger partial charge in [0.15, 0.2) is 0 Å². The van der Waals surface area contributed by atoms with Gasteiger partial charge < -0.3 is 0 Å². The summed E-state index contributed by atoms with van der Waals surface area (Å²) >= 11 is 3.30. The summed E-state index contributed by atoms with van der Waals surface area (Å²) in [5, 5.41) is 0. The first kappa shape index (κ1) is 12.3. The highest BCUT2D eigenvalue weighted by Crippen LogP contribution is 2.28. The van der Waals surface area contributed by atoms with Crippen LogP contribution < -0.4 is 0 Å². The van der Waals surface area contributed by atoms with Crippen LogP contribution in [0.3, 0.4) is 0 Å². The van der Waals surface area contributed by atoms with Crippen LogP contribution in [-0.4, -0.2) is 8.42 Å². The molecule has 0 unspecified atom stereocenters. The fourth-order valence-corrected chi connectivity index (χ4v) is 4.02. The largest absolute Gasteiger partial charge is 0.218 e. The Kier molecular flexibility index (Phi) is 3.35. The zero-order valence-electron chi connectivity index (χ0n) is 9.22. The fourth-order valence-electron chi connectivity index (χ4n) is 1.55. The van der Waals surface area contributed by atoms with Gasteiger partial charge in [0.25, 0.3) is 0 Å². The molecular weight excluding hydrogens is 300 g/mol. The molecule has 0 bridgehead atoms. The smallest absolute Gasteiger partial charge is 0.207 e. The monoisotopic (exact) mass is 310 g/mol. The van der Waals surface area contributed by atoms with Crippen molar-refractivity contribution >= 4 is 25.8 Å². The average molecular weight is 311 g/mol. The maximum absolute atomic E-state index is 12.3. The van der Waals surface area contributed by atoms with Gasteiger partial charge in [-0.3, -0.25) is 0 Å². The van der Waals surface area contributed by atoms with Gasteiger partial charge in [0.2, 0.25) is 9.84 Å². The molecule has 0 aromatic heterocycles. The Balaban J connectivity index is 2.61. The van der Waals surface area contributed by atoms with Crippen LogP contribution in [-0.2, 0) is 9.84 Å². The topological polar surface area (TPSA) is 34.1 Å². The van der Waals surface area contributed by atoms with Gasteiger partial charge in [-0.2, -0.15) is 0 Å². The van der Waals surface area contributed by atoms with E-state index in [2.05, 4.69) is 15.9 Å². The van der Waals surface area contributed by atoms with Crippen molar-refractivity contribution in [3.8, 4) is 0 Å². The van der Waals surface area contributed by atoms with E-state index in [1.165, 1.54) is 0 Å². The van der Waals surface area contributed by atoms with E-state index in [-0.39, 0.29) is 0 Å². The quantitative estimate of drug-likeness (QED) is 0.849. The third-order valence-electron chi connectivity index (χ3n) is 2.43. The summed E-state index contributed by atoms with van der Waals surface area (Å²) in [4.78, 5) is 0.610. The third-order valence-corrected chi connectivity index (χ3v) is 5.18. The minimum atomic E-state index is -3.43. The summed E-state index contributed by atoms with van der Waals surface area (Å²) in [5.74, 6) is 0. The molecule has 2 rings (SSSR count). The number of rotatable bonds is 2. The van der Waals surface area contributed by atoms with Crippen molar-refractivity contribution in [1.82, 2.24) is 0 Å². The Morgan fingerprint density at radius 3 is 2.24 bits per heavy atom. The van der Waals surface area contributed by atoms with Crippen LogP contribution in [0.2, 0.25) is 0 Å². The van der Waals surface area contributed by atoms with Crippen LogP contribution >= 0.6 is 15.9 Å². The van der Waals surface area contributed by atoms with E-state index in [4.69, 9.17) is 0 Å². The third kappa shape index (κ3) is 2.42. The molecule has 0 aliphatic rings. The first-order chi connectivity index (χ1) is 8.01. The van der Waals surface area contributed by atoms with Crippen LogP contribution in [0, 0.1) is 6.92 Å². The Labute approximate surface area is 109 Å². The molecule has 0 saturated heterocycles. The normalized spacial score (nSPS) is 11.4. The minimum absolute atomic E-state index is 0.300. The van der Waals surface area contributed by atoms with Crippen LogP contribution in [0.25, 0.3) is 0 Å². The van der Waals surface area contributed by atoms with Gasteiger partial charge in [0.1, 0.15) is 0 Å². The summed E-state index contributed by atoms with van der Waals surface area (Å²) < 4.78 is 25.3. The van der Waals surface area contributed by atoms with Crippen LogP contribution in [0.15, 0.2) is 62.8 Å². The molecule has 0 radical (unpaired) electrons. The summed E-state index contributed by atoms with van der Waals surface area (Å²) in [6.45, 7) is 1.92. The van der Waals surface area contributed by atoms with Crippen molar-refractivity contribution in [3.05, 3.63) is 58.6 Å². The van der Waals surface area contributed by atoms with Gasteiger partial charge in [0.05, 0.1) is 9.79 Å². The molecule has 0 atom stereocenters. The van der Waals surface area contributed by atoms with Crippen molar-refractivity contribution in [2.75, 3.05) is 0 Å². The Morgan fingerprint density at radius 1 is 1.00 bits per heavy atom. The Morgan fingerprint density at radius 2 is 1.65 bits per heavy atom. The SMILES string of the molecule is Cc1ccc(S(=O)(=O)c2ccccc2)c(Br)c1. The average Bonchev–Trinajstić information content (AvgIpc) is 2.29. The summed E-state index contributed by atoms with van der Waals surface area (Å²) in [6.07, 6.45) is 0. The highest BCUT2D eigenvalue weighted by molar-refractivity contribution is 9.10. The van der Waals surface area contributed by atoms with Crippen molar-refractivity contribution in [2.24, 2.45) is 0 Å². The molecule has 0 heterocycles. The molecule has 0 fully saturated rings. The molecule has 0 spiro atoms. The van der Waals surface area contributed by atoms with Gasteiger partial charge >= 0.3 is 0 Å². The number of benzene rings is 2. The van der Waals surface area contributed by atoms with Crippen molar-refractivity contribution in [3.63, 3.8) is 0 Å². The molecule has 88 valence electrons. The van der Waals surface area contributed by atoms with Gasteiger partial charge in [-0.15, -0.1) is 0 Å². The zero-order valence-corrected chi connectivity index (χ0v) is 11.6. The molecule has 2 nitrogen and oxygen atoms in total. The van der Waals surface area contributed by atoms with Gasteiger partial charge in [-0.05, 0) is 52.7 Å². The van der Waals surface area contributed by atoms with Crippen molar-refractivity contribution < 1.29 is 8.42 Å². The first-order valence-electron chi connectivity index (χ1n) is 5.08. The summed E-state index contributed by atoms with van der Waals surface area (Å²) in [6, 6.07) is 13.6. The summed E-state index contributed by atoms with van der Waals surface area (Å²) in [7, 11) is -3.43. The molecule has 0 amide bonds. The second-order valence-corrected chi connectivity index (χ2v) is 6.52. The molecular formula is C13H11BrO2S. The van der Waals surface area contributed by atoms with E-state index < -0.39 is 9.84 Å². The number of halogens is 1. The molecule has 2 aromatic rings. The second kappa shape index (κ2) is 4.63.